The van der Waals surface area contributed by atoms with E-state index in [4.69, 9.17) is 4.74 Å². The molecule has 1 N–H and O–H groups in total. The number of rotatable bonds is 6. The van der Waals surface area contributed by atoms with E-state index in [9.17, 15) is 14.7 Å². The number of nitrogens with zero attached hydrogens (tertiary/aromatic N) is 1. The van der Waals surface area contributed by atoms with Crippen molar-refractivity contribution < 1.29 is 19.4 Å². The number of unbranched alkanes of at least 4 members (excludes halogenated alkanes) is 1. The molecular weight excluding hydrogens is 342 g/mol. The molecule has 3 rings (SSSR count). The number of hydrogen-bond donors (Lipinski definition) is 1. The van der Waals surface area contributed by atoms with E-state index < -0.39 is 17.7 Å². The lowest BCUT2D eigenvalue weighted by Gasteiger charge is -2.25. The van der Waals surface area contributed by atoms with Gasteiger partial charge in [-0.1, -0.05) is 55.8 Å². The fourth-order valence-electron chi connectivity index (χ4n) is 3.32. The Morgan fingerprint density at radius 1 is 1.07 bits per heavy atom. The Kier molecular flexibility index (Phi) is 5.60. The van der Waals surface area contributed by atoms with Crippen molar-refractivity contribution in [3.05, 3.63) is 71.3 Å². The van der Waals surface area contributed by atoms with E-state index >= 15 is 0 Å². The van der Waals surface area contributed by atoms with Crippen LogP contribution in [0.5, 0.6) is 5.75 Å². The van der Waals surface area contributed by atoms with E-state index in [0.717, 1.165) is 18.4 Å². The minimum atomic E-state index is -0.645. The second-order valence-electron chi connectivity index (χ2n) is 6.49. The maximum Gasteiger partial charge on any atom is 0.295 e. The van der Waals surface area contributed by atoms with Gasteiger partial charge in [-0.3, -0.25) is 9.59 Å². The molecule has 1 atom stereocenters. The van der Waals surface area contributed by atoms with Crippen LogP contribution < -0.4 is 4.74 Å². The van der Waals surface area contributed by atoms with Crippen LogP contribution in [0.3, 0.4) is 0 Å². The van der Waals surface area contributed by atoms with Crippen molar-refractivity contribution in [1.29, 1.82) is 0 Å². The van der Waals surface area contributed by atoms with Crippen LogP contribution in [0.1, 0.15) is 36.9 Å². The molecule has 0 saturated carbocycles. The molecule has 0 spiro atoms. The number of aliphatic hydroxyl groups is 1. The summed E-state index contributed by atoms with van der Waals surface area (Å²) in [6.45, 7) is 2.49. The number of carbonyl (C=O) groups is 2. The summed E-state index contributed by atoms with van der Waals surface area (Å²) in [6.07, 6.45) is 1.68. The number of aliphatic hydroxyl groups excluding tert-OH is 1. The summed E-state index contributed by atoms with van der Waals surface area (Å²) < 4.78 is 5.20. The molecule has 1 fully saturated rings. The molecule has 1 saturated heterocycles. The summed E-state index contributed by atoms with van der Waals surface area (Å²) in [5, 5.41) is 10.8. The zero-order chi connectivity index (χ0) is 19.4. The molecule has 1 unspecified atom stereocenters. The van der Waals surface area contributed by atoms with E-state index in [-0.39, 0.29) is 11.3 Å². The molecule has 2 aromatic rings. The number of amides is 1. The molecular formula is C22H23NO4. The van der Waals surface area contributed by atoms with Crippen molar-refractivity contribution in [2.45, 2.75) is 25.8 Å². The van der Waals surface area contributed by atoms with E-state index in [0.29, 0.717) is 17.9 Å². The lowest BCUT2D eigenvalue weighted by atomic mass is 9.95. The summed E-state index contributed by atoms with van der Waals surface area (Å²) >= 11 is 0. The maximum absolute atomic E-state index is 12.8. The first kappa shape index (κ1) is 18.7. The minimum Gasteiger partial charge on any atom is -0.507 e. The molecule has 0 aromatic heterocycles. The number of carbonyl (C=O) groups excluding carboxylic acids is 2. The molecule has 0 radical (unpaired) electrons. The predicted molar refractivity (Wildman–Crippen MR) is 103 cm³/mol. The Morgan fingerprint density at radius 3 is 2.33 bits per heavy atom. The highest BCUT2D eigenvalue weighted by molar-refractivity contribution is 6.46. The Labute approximate surface area is 158 Å². The SMILES string of the molecule is CCCCN1C(=O)C(=O)C(=C(O)c2ccccc2)C1c1ccc(OC)cc1. The third kappa shape index (κ3) is 3.58. The van der Waals surface area contributed by atoms with Gasteiger partial charge in [-0.25, -0.2) is 0 Å². The van der Waals surface area contributed by atoms with Crippen molar-refractivity contribution in [1.82, 2.24) is 4.90 Å². The summed E-state index contributed by atoms with van der Waals surface area (Å²) in [5.74, 6) is -0.670. The summed E-state index contributed by atoms with van der Waals surface area (Å²) in [6, 6.07) is 15.5. The summed E-state index contributed by atoms with van der Waals surface area (Å²) in [5.41, 5.74) is 1.42. The van der Waals surface area contributed by atoms with Crippen LogP contribution in [0.4, 0.5) is 0 Å². The van der Waals surface area contributed by atoms with Crippen LogP contribution in [0, 0.1) is 0 Å². The van der Waals surface area contributed by atoms with Gasteiger partial charge in [-0.2, -0.15) is 0 Å². The number of benzene rings is 2. The zero-order valence-corrected chi connectivity index (χ0v) is 15.5. The minimum absolute atomic E-state index is 0.132. The van der Waals surface area contributed by atoms with Gasteiger partial charge < -0.3 is 14.7 Å². The average Bonchev–Trinajstić information content (AvgIpc) is 2.97. The largest absolute Gasteiger partial charge is 0.507 e. The fraction of sp³-hybridized carbons (Fsp3) is 0.273. The third-order valence-electron chi connectivity index (χ3n) is 4.77. The Morgan fingerprint density at radius 2 is 1.74 bits per heavy atom. The Hall–Kier alpha value is -3.08. The van der Waals surface area contributed by atoms with Crippen LogP contribution in [0.15, 0.2) is 60.2 Å². The highest BCUT2D eigenvalue weighted by atomic mass is 16.5. The Balaban J connectivity index is 2.13. The topological polar surface area (TPSA) is 66.8 Å². The van der Waals surface area contributed by atoms with E-state index in [1.165, 1.54) is 0 Å². The quantitative estimate of drug-likeness (QED) is 0.479. The monoisotopic (exact) mass is 365 g/mol. The molecule has 5 heteroatoms. The van der Waals surface area contributed by atoms with Gasteiger partial charge in [0.2, 0.25) is 0 Å². The second kappa shape index (κ2) is 8.08. The molecule has 1 aliphatic heterocycles. The van der Waals surface area contributed by atoms with Crippen LogP contribution >= 0.6 is 0 Å². The molecule has 0 aliphatic carbocycles. The number of methoxy groups -OCH3 is 1. The molecule has 140 valence electrons. The first-order valence-corrected chi connectivity index (χ1v) is 9.06. The number of hydrogen-bond acceptors (Lipinski definition) is 4. The van der Waals surface area contributed by atoms with E-state index in [1.54, 1.807) is 48.4 Å². The zero-order valence-electron chi connectivity index (χ0n) is 15.5. The van der Waals surface area contributed by atoms with Gasteiger partial charge in [-0.15, -0.1) is 0 Å². The molecule has 0 bridgehead atoms. The van der Waals surface area contributed by atoms with E-state index in [1.807, 2.05) is 25.1 Å². The fourth-order valence-corrected chi connectivity index (χ4v) is 3.32. The van der Waals surface area contributed by atoms with Gasteiger partial charge in [0.1, 0.15) is 11.5 Å². The predicted octanol–water partition coefficient (Wildman–Crippen LogP) is 3.92. The van der Waals surface area contributed by atoms with Crippen LogP contribution in [-0.2, 0) is 9.59 Å². The molecule has 27 heavy (non-hydrogen) atoms. The second-order valence-corrected chi connectivity index (χ2v) is 6.49. The summed E-state index contributed by atoms with van der Waals surface area (Å²) in [7, 11) is 1.58. The highest BCUT2D eigenvalue weighted by Gasteiger charge is 2.45. The third-order valence-corrected chi connectivity index (χ3v) is 4.77. The smallest absolute Gasteiger partial charge is 0.295 e. The van der Waals surface area contributed by atoms with Gasteiger partial charge >= 0.3 is 0 Å². The van der Waals surface area contributed by atoms with Crippen LogP contribution in [0.25, 0.3) is 5.76 Å². The standard InChI is InChI=1S/C22H23NO4/c1-3-4-14-23-19(15-10-12-17(27-2)13-11-15)18(21(25)22(23)26)20(24)16-8-6-5-7-9-16/h5-13,19,24H,3-4,14H2,1-2H3. The van der Waals surface area contributed by atoms with Crippen molar-refractivity contribution >= 4 is 17.4 Å². The number of ether oxygens (including phenoxy) is 1. The number of Topliss-reactive ketones (excluding diaryl/α,β-unsaturated/α-hetero) is 1. The van der Waals surface area contributed by atoms with Gasteiger partial charge in [0.15, 0.2) is 0 Å². The maximum atomic E-state index is 12.8. The number of ketones is 1. The molecule has 1 aliphatic rings. The lowest BCUT2D eigenvalue weighted by molar-refractivity contribution is -0.139. The van der Waals surface area contributed by atoms with Crippen LogP contribution in [-0.4, -0.2) is 35.4 Å². The van der Waals surface area contributed by atoms with Crippen LogP contribution in [0.2, 0.25) is 0 Å². The molecule has 2 aromatic carbocycles. The van der Waals surface area contributed by atoms with Gasteiger partial charge in [0, 0.05) is 12.1 Å². The van der Waals surface area contributed by atoms with Crippen molar-refractivity contribution in [2.75, 3.05) is 13.7 Å². The molecule has 1 heterocycles. The van der Waals surface area contributed by atoms with Gasteiger partial charge in [0.05, 0.1) is 18.7 Å². The van der Waals surface area contributed by atoms with Crippen molar-refractivity contribution in [2.24, 2.45) is 0 Å². The molecule has 1 amide bonds. The Bertz CT molecular complexity index is 856. The first-order chi connectivity index (χ1) is 13.1. The molecule has 5 nitrogen and oxygen atoms in total. The number of likely N-dealkylation sites (tertiary alicyclic amines) is 1. The van der Waals surface area contributed by atoms with Gasteiger partial charge in [-0.05, 0) is 24.1 Å². The normalized spacial score (nSPS) is 18.7. The van der Waals surface area contributed by atoms with Crippen molar-refractivity contribution in [3.8, 4) is 5.75 Å². The summed E-state index contributed by atoms with van der Waals surface area (Å²) in [4.78, 5) is 27.0. The average molecular weight is 365 g/mol. The van der Waals surface area contributed by atoms with E-state index in [2.05, 4.69) is 0 Å². The highest BCUT2D eigenvalue weighted by Crippen LogP contribution is 2.39. The van der Waals surface area contributed by atoms with Gasteiger partial charge in [0.25, 0.3) is 11.7 Å². The first-order valence-electron chi connectivity index (χ1n) is 9.06. The lowest BCUT2D eigenvalue weighted by Crippen LogP contribution is -2.30. The van der Waals surface area contributed by atoms with Crippen molar-refractivity contribution in [3.63, 3.8) is 0 Å².